The lowest BCUT2D eigenvalue weighted by Gasteiger charge is -2.47. The maximum Gasteiger partial charge on any atom is 0.278 e. The molecule has 3 atom stereocenters. The van der Waals surface area contributed by atoms with E-state index in [4.69, 9.17) is 10.6 Å². The van der Waals surface area contributed by atoms with Gasteiger partial charge in [-0.3, -0.25) is 9.59 Å². The Balaban J connectivity index is 1.24. The predicted octanol–water partition coefficient (Wildman–Crippen LogP) is -0.805. The number of nitrogens with zero attached hydrogens (tertiary/aromatic N) is 5. The second-order valence-corrected chi connectivity index (χ2v) is 10.2. The number of anilines is 1. The smallest absolute Gasteiger partial charge is 0.278 e. The maximum absolute atomic E-state index is 13.1. The first-order valence-electron chi connectivity index (χ1n) is 11.0. The molecule has 2 unspecified atom stereocenters. The number of carbonyl (C=O) groups excluding carboxylic acids is 3. The van der Waals surface area contributed by atoms with Gasteiger partial charge in [-0.1, -0.05) is 11.2 Å². The highest BCUT2D eigenvalue weighted by Gasteiger charge is 2.50. The van der Waals surface area contributed by atoms with E-state index in [2.05, 4.69) is 19.8 Å². The van der Waals surface area contributed by atoms with Gasteiger partial charge >= 0.3 is 0 Å². The minimum atomic E-state index is -1.24. The normalized spacial score (nSPS) is 23.1. The number of aromatic nitrogens is 3. The molecule has 0 radical (unpaired) electrons. The molecule has 36 heavy (non-hydrogen) atoms. The van der Waals surface area contributed by atoms with E-state index < -0.39 is 17.9 Å². The van der Waals surface area contributed by atoms with Crippen LogP contribution in [-0.4, -0.2) is 61.0 Å². The molecule has 2 aromatic heterocycles. The van der Waals surface area contributed by atoms with Crippen LogP contribution in [0.25, 0.3) is 0 Å². The molecular weight excluding hydrogens is 506 g/mol. The van der Waals surface area contributed by atoms with Gasteiger partial charge in [0.05, 0.1) is 5.97 Å². The zero-order valence-electron chi connectivity index (χ0n) is 18.8. The summed E-state index contributed by atoms with van der Waals surface area (Å²) in [7, 11) is 0. The lowest BCUT2D eigenvalue weighted by Crippen LogP contribution is -2.69. The number of carbonyl (C=O) groups is 3. The standard InChI is InChI=1S/C22H21N7O5S2/c23-22-25-17(27-36-22)15(26-34-14-3-1-2-4-14)18(30)24-16-19(31)29-10-12(11-35-20(16)29)9-28-7-5-13(6-8-28)21(32)33/h1,3,5-8,10,14,16,20H,2,4,9,11H2,(H3-,23,24,25,27,30,32,33)/b26-15-/t14?,16?,20-/m1/s1. The number of nitrogens with two attached hydrogens (primary N) is 1. The third-order valence-corrected chi connectivity index (χ3v) is 7.68. The molecule has 0 spiro atoms. The van der Waals surface area contributed by atoms with Gasteiger partial charge in [0.1, 0.15) is 17.5 Å². The SMILES string of the molecule is Nc1nc(/C(=N/OC2C=CCC2)C(=O)NC2C(=O)N3C=C(C[n+]4ccc(C(=O)[O-])cc4)CS[C@H]23)ns1. The number of β-lactam (4-membered cyclic amide) rings is 1. The predicted molar refractivity (Wildman–Crippen MR) is 128 cm³/mol. The highest BCUT2D eigenvalue weighted by molar-refractivity contribution is 8.00. The van der Waals surface area contributed by atoms with Crippen molar-refractivity contribution in [2.75, 3.05) is 11.5 Å². The van der Waals surface area contributed by atoms with Crippen LogP contribution in [0.1, 0.15) is 29.0 Å². The molecule has 4 heterocycles. The molecule has 2 aliphatic heterocycles. The Morgan fingerprint density at radius 2 is 2.17 bits per heavy atom. The average molecular weight is 528 g/mol. The van der Waals surface area contributed by atoms with Gasteiger partial charge in [0, 0.05) is 46.8 Å². The van der Waals surface area contributed by atoms with E-state index in [0.717, 1.165) is 29.9 Å². The lowest BCUT2D eigenvalue weighted by molar-refractivity contribution is -0.689. The zero-order valence-corrected chi connectivity index (χ0v) is 20.4. The quantitative estimate of drug-likeness (QED) is 0.147. The van der Waals surface area contributed by atoms with Crippen LogP contribution in [0.4, 0.5) is 5.13 Å². The molecular formula is C22H21N7O5S2. The summed E-state index contributed by atoms with van der Waals surface area (Å²) in [5.41, 5.74) is 6.61. The number of hydrogen-bond acceptors (Lipinski definition) is 11. The summed E-state index contributed by atoms with van der Waals surface area (Å²) in [6, 6.07) is 2.19. The van der Waals surface area contributed by atoms with Crippen LogP contribution in [-0.2, 0) is 21.0 Å². The molecule has 1 aliphatic carbocycles. The van der Waals surface area contributed by atoms with Crippen LogP contribution in [0.5, 0.6) is 0 Å². The fourth-order valence-corrected chi connectivity index (χ4v) is 5.60. The molecule has 1 saturated heterocycles. The fraction of sp³-hybridized carbons (Fsp3) is 0.318. The number of nitrogen functional groups attached to an aromatic ring is 1. The maximum atomic E-state index is 13.1. The third kappa shape index (κ3) is 4.95. The Morgan fingerprint density at radius 1 is 1.36 bits per heavy atom. The Morgan fingerprint density at radius 3 is 2.83 bits per heavy atom. The molecule has 5 rings (SSSR count). The summed E-state index contributed by atoms with van der Waals surface area (Å²) in [4.78, 5) is 47.9. The number of amides is 2. The van der Waals surface area contributed by atoms with Crippen molar-refractivity contribution in [3.05, 3.63) is 59.8 Å². The molecule has 3 N–H and O–H groups in total. The Hall–Kier alpha value is -3.78. The van der Waals surface area contributed by atoms with Crippen molar-refractivity contribution >= 4 is 51.9 Å². The van der Waals surface area contributed by atoms with E-state index in [0.29, 0.717) is 12.3 Å². The zero-order chi connectivity index (χ0) is 25.2. The van der Waals surface area contributed by atoms with Crippen LogP contribution in [0.2, 0.25) is 0 Å². The van der Waals surface area contributed by atoms with Gasteiger partial charge in [0.15, 0.2) is 24.1 Å². The van der Waals surface area contributed by atoms with Crippen molar-refractivity contribution in [3.8, 4) is 0 Å². The number of thioether (sulfide) groups is 1. The van der Waals surface area contributed by atoms with Crippen LogP contribution >= 0.6 is 23.3 Å². The number of rotatable bonds is 8. The topological polar surface area (TPSA) is 167 Å². The van der Waals surface area contributed by atoms with Gasteiger partial charge < -0.3 is 30.7 Å². The van der Waals surface area contributed by atoms with Crippen molar-refractivity contribution in [2.24, 2.45) is 5.16 Å². The molecule has 0 bridgehead atoms. The number of carboxylic acids is 1. The minimum absolute atomic E-state index is 0.0424. The van der Waals surface area contributed by atoms with Gasteiger partial charge in [0.2, 0.25) is 11.5 Å². The van der Waals surface area contributed by atoms with Crippen LogP contribution in [0, 0.1) is 0 Å². The first-order chi connectivity index (χ1) is 17.4. The second-order valence-electron chi connectivity index (χ2n) is 8.28. The van der Waals surface area contributed by atoms with Crippen LogP contribution in [0.15, 0.2) is 53.6 Å². The fourth-order valence-electron chi connectivity index (χ4n) is 3.92. The van der Waals surface area contributed by atoms with Crippen molar-refractivity contribution in [1.29, 1.82) is 0 Å². The molecule has 14 heteroatoms. The Kier molecular flexibility index (Phi) is 6.69. The number of aromatic carboxylic acids is 1. The molecule has 1 fully saturated rings. The van der Waals surface area contributed by atoms with E-state index in [9.17, 15) is 19.5 Å². The first-order valence-corrected chi connectivity index (χ1v) is 12.9. The Bertz CT molecular complexity index is 1290. The molecule has 186 valence electrons. The summed E-state index contributed by atoms with van der Waals surface area (Å²) in [6.45, 7) is 0.495. The summed E-state index contributed by atoms with van der Waals surface area (Å²) in [6.07, 6.45) is 10.3. The third-order valence-electron chi connectivity index (χ3n) is 5.76. The highest BCUT2D eigenvalue weighted by Crippen LogP contribution is 2.36. The van der Waals surface area contributed by atoms with E-state index in [1.807, 2.05) is 16.7 Å². The summed E-state index contributed by atoms with van der Waals surface area (Å²) < 4.78 is 5.88. The number of fused-ring (bicyclic) bond motifs is 1. The minimum Gasteiger partial charge on any atom is -0.545 e. The molecule has 0 saturated carbocycles. The van der Waals surface area contributed by atoms with Gasteiger partial charge in [-0.2, -0.15) is 9.36 Å². The lowest BCUT2D eigenvalue weighted by atomic mass is 10.1. The largest absolute Gasteiger partial charge is 0.545 e. The molecule has 3 aliphatic rings. The van der Waals surface area contributed by atoms with E-state index in [-0.39, 0.29) is 39.6 Å². The molecule has 2 aromatic rings. The second kappa shape index (κ2) is 10.1. The van der Waals surface area contributed by atoms with Gasteiger partial charge in [-0.05, 0) is 18.9 Å². The molecule has 12 nitrogen and oxygen atoms in total. The van der Waals surface area contributed by atoms with Crippen molar-refractivity contribution in [3.63, 3.8) is 0 Å². The van der Waals surface area contributed by atoms with Crippen LogP contribution < -0.4 is 20.7 Å². The van der Waals surface area contributed by atoms with E-state index in [1.165, 1.54) is 23.9 Å². The van der Waals surface area contributed by atoms with E-state index >= 15 is 0 Å². The van der Waals surface area contributed by atoms with Gasteiger partial charge in [-0.25, -0.2) is 4.57 Å². The van der Waals surface area contributed by atoms with Crippen molar-refractivity contribution < 1.29 is 28.9 Å². The van der Waals surface area contributed by atoms with Crippen molar-refractivity contribution in [2.45, 2.75) is 36.9 Å². The highest BCUT2D eigenvalue weighted by atomic mass is 32.2. The monoisotopic (exact) mass is 527 g/mol. The number of pyridine rings is 1. The number of oxime groups is 1. The first kappa shape index (κ1) is 23.9. The molecule has 0 aromatic carbocycles. The Labute approximate surface area is 213 Å². The summed E-state index contributed by atoms with van der Waals surface area (Å²) >= 11 is 2.46. The van der Waals surface area contributed by atoms with Gasteiger partial charge in [-0.15, -0.1) is 11.8 Å². The average Bonchev–Trinajstić information content (AvgIpc) is 3.55. The van der Waals surface area contributed by atoms with E-state index in [1.54, 1.807) is 23.5 Å². The summed E-state index contributed by atoms with van der Waals surface area (Å²) in [5, 5.41) is 17.6. The van der Waals surface area contributed by atoms with Gasteiger partial charge in [0.25, 0.3) is 11.8 Å². The number of nitrogens with one attached hydrogen (secondary N) is 1. The molecule has 2 amide bonds. The summed E-state index contributed by atoms with van der Waals surface area (Å²) in [5.74, 6) is -1.42. The number of hydrogen-bond donors (Lipinski definition) is 2. The van der Waals surface area contributed by atoms with Crippen molar-refractivity contribution in [1.82, 2.24) is 19.6 Å². The number of allylic oxidation sites excluding steroid dienone is 1. The number of carboxylic acid groups (broad SMARTS) is 1. The van der Waals surface area contributed by atoms with Crippen LogP contribution in [0.3, 0.4) is 0 Å².